The third kappa shape index (κ3) is 2.10. The smallest absolute Gasteiger partial charge is 0.230 e. The van der Waals surface area contributed by atoms with E-state index in [0.717, 1.165) is 30.1 Å². The van der Waals surface area contributed by atoms with Crippen molar-refractivity contribution in [1.82, 2.24) is 10.2 Å². The molecule has 4 nitrogen and oxygen atoms in total. The molecule has 0 atom stereocenters. The summed E-state index contributed by atoms with van der Waals surface area (Å²) in [6.07, 6.45) is 11.1. The zero-order chi connectivity index (χ0) is 12.9. The minimum atomic E-state index is 0.352. The van der Waals surface area contributed by atoms with Crippen LogP contribution in [0.2, 0.25) is 0 Å². The van der Waals surface area contributed by atoms with E-state index in [4.69, 9.17) is 10.2 Å². The van der Waals surface area contributed by atoms with Gasteiger partial charge in [0.15, 0.2) is 0 Å². The van der Waals surface area contributed by atoms with Crippen molar-refractivity contribution < 1.29 is 4.42 Å². The van der Waals surface area contributed by atoms with Crippen molar-refractivity contribution in [2.24, 2.45) is 28.9 Å². The molecule has 0 saturated heterocycles. The van der Waals surface area contributed by atoms with E-state index >= 15 is 0 Å². The van der Waals surface area contributed by atoms with Gasteiger partial charge in [0.25, 0.3) is 0 Å². The Kier molecular flexibility index (Phi) is 2.69. The number of aromatic nitrogens is 2. The molecule has 104 valence electrons. The molecule has 4 bridgehead atoms. The second-order valence-electron chi connectivity index (χ2n) is 7.21. The summed E-state index contributed by atoms with van der Waals surface area (Å²) in [4.78, 5) is 0. The van der Waals surface area contributed by atoms with E-state index < -0.39 is 0 Å². The van der Waals surface area contributed by atoms with Gasteiger partial charge in [-0.1, -0.05) is 0 Å². The molecule has 0 aromatic carbocycles. The second kappa shape index (κ2) is 4.30. The molecule has 0 aliphatic heterocycles. The molecule has 1 aromatic heterocycles. The molecule has 1 aromatic rings. The van der Waals surface area contributed by atoms with Gasteiger partial charge < -0.3 is 10.2 Å². The molecule has 0 spiro atoms. The fraction of sp³-hybridized carbons (Fsp3) is 0.867. The summed E-state index contributed by atoms with van der Waals surface area (Å²) >= 11 is 0. The van der Waals surface area contributed by atoms with Crippen LogP contribution in [0.25, 0.3) is 0 Å². The standard InChI is InChI=1S/C15H23N3O/c16-9-14-18-17-13(19-14)1-2-15-6-10-3-11(7-15)5-12(4-10)8-15/h10-12H,1-9,16H2. The number of hydrogen-bond acceptors (Lipinski definition) is 4. The highest BCUT2D eigenvalue weighted by Crippen LogP contribution is 2.61. The van der Waals surface area contributed by atoms with Crippen molar-refractivity contribution in [3.05, 3.63) is 11.8 Å². The van der Waals surface area contributed by atoms with Gasteiger partial charge in [-0.2, -0.15) is 0 Å². The predicted molar refractivity (Wildman–Crippen MR) is 71.1 cm³/mol. The topological polar surface area (TPSA) is 64.9 Å². The van der Waals surface area contributed by atoms with Crippen LogP contribution >= 0.6 is 0 Å². The van der Waals surface area contributed by atoms with Crippen LogP contribution in [0, 0.1) is 23.2 Å². The molecule has 4 saturated carbocycles. The SMILES string of the molecule is NCc1nnc(CCC23CC4CC(CC(C4)C2)C3)o1. The van der Waals surface area contributed by atoms with Crippen molar-refractivity contribution >= 4 is 0 Å². The lowest BCUT2D eigenvalue weighted by atomic mass is 9.48. The van der Waals surface area contributed by atoms with Gasteiger partial charge in [-0.25, -0.2) is 0 Å². The molecular formula is C15H23N3O. The van der Waals surface area contributed by atoms with Crippen LogP contribution in [-0.2, 0) is 13.0 Å². The average molecular weight is 261 g/mol. The minimum absolute atomic E-state index is 0.352. The van der Waals surface area contributed by atoms with E-state index in [-0.39, 0.29) is 0 Å². The summed E-state index contributed by atoms with van der Waals surface area (Å²) in [6.45, 7) is 0.352. The Bertz CT molecular complexity index is 432. The second-order valence-corrected chi connectivity index (χ2v) is 7.21. The van der Waals surface area contributed by atoms with E-state index in [1.54, 1.807) is 0 Å². The normalized spacial score (nSPS) is 39.9. The highest BCUT2D eigenvalue weighted by atomic mass is 16.4. The van der Waals surface area contributed by atoms with Crippen LogP contribution in [-0.4, -0.2) is 10.2 Å². The first-order valence-electron chi connectivity index (χ1n) is 7.76. The zero-order valence-electron chi connectivity index (χ0n) is 11.5. The van der Waals surface area contributed by atoms with E-state index in [2.05, 4.69) is 10.2 Å². The molecule has 1 heterocycles. The highest BCUT2D eigenvalue weighted by molar-refractivity contribution is 5.02. The summed E-state index contributed by atoms with van der Waals surface area (Å²) < 4.78 is 5.55. The van der Waals surface area contributed by atoms with Crippen molar-refractivity contribution in [1.29, 1.82) is 0 Å². The molecule has 4 fully saturated rings. The lowest BCUT2D eigenvalue weighted by molar-refractivity contribution is -0.0576. The highest BCUT2D eigenvalue weighted by Gasteiger charge is 2.50. The van der Waals surface area contributed by atoms with Crippen molar-refractivity contribution in [2.75, 3.05) is 0 Å². The van der Waals surface area contributed by atoms with Crippen LogP contribution in [0.5, 0.6) is 0 Å². The van der Waals surface area contributed by atoms with Crippen LogP contribution < -0.4 is 5.73 Å². The summed E-state index contributed by atoms with van der Waals surface area (Å²) in [6, 6.07) is 0. The van der Waals surface area contributed by atoms with Crippen molar-refractivity contribution in [3.63, 3.8) is 0 Å². The van der Waals surface area contributed by atoms with E-state index in [1.807, 2.05) is 0 Å². The number of aryl methyl sites for hydroxylation is 1. The lowest BCUT2D eigenvalue weighted by Gasteiger charge is -2.57. The van der Waals surface area contributed by atoms with Crippen LogP contribution in [0.3, 0.4) is 0 Å². The van der Waals surface area contributed by atoms with E-state index in [0.29, 0.717) is 17.9 Å². The van der Waals surface area contributed by atoms with E-state index in [1.165, 1.54) is 44.9 Å². The molecule has 2 N–H and O–H groups in total. The number of rotatable bonds is 4. The van der Waals surface area contributed by atoms with Gasteiger partial charge in [0, 0.05) is 6.42 Å². The van der Waals surface area contributed by atoms with Gasteiger partial charge in [0.1, 0.15) is 0 Å². The summed E-state index contributed by atoms with van der Waals surface area (Å²) in [7, 11) is 0. The Morgan fingerprint density at radius 2 is 1.58 bits per heavy atom. The van der Waals surface area contributed by atoms with Gasteiger partial charge in [0.2, 0.25) is 11.8 Å². The van der Waals surface area contributed by atoms with Crippen LogP contribution in [0.4, 0.5) is 0 Å². The molecular weight excluding hydrogens is 238 g/mol. The van der Waals surface area contributed by atoms with Crippen molar-refractivity contribution in [3.8, 4) is 0 Å². The molecule has 19 heavy (non-hydrogen) atoms. The maximum atomic E-state index is 5.55. The first kappa shape index (κ1) is 11.9. The number of nitrogens with zero attached hydrogens (tertiary/aromatic N) is 2. The minimum Gasteiger partial charge on any atom is -0.424 e. The average Bonchev–Trinajstić information content (AvgIpc) is 2.83. The molecule has 0 unspecified atom stereocenters. The van der Waals surface area contributed by atoms with Gasteiger partial charge in [-0.05, 0) is 68.1 Å². The third-order valence-electron chi connectivity index (χ3n) is 5.72. The fourth-order valence-electron chi connectivity index (χ4n) is 5.44. The molecule has 0 radical (unpaired) electrons. The first-order chi connectivity index (χ1) is 9.25. The van der Waals surface area contributed by atoms with Crippen LogP contribution in [0.1, 0.15) is 56.7 Å². The van der Waals surface area contributed by atoms with Gasteiger partial charge in [0.05, 0.1) is 6.54 Å². The maximum absolute atomic E-state index is 5.55. The Morgan fingerprint density at radius 3 is 2.11 bits per heavy atom. The van der Waals surface area contributed by atoms with Crippen LogP contribution in [0.15, 0.2) is 4.42 Å². The van der Waals surface area contributed by atoms with Crippen molar-refractivity contribution in [2.45, 2.75) is 57.9 Å². The summed E-state index contributed by atoms with van der Waals surface area (Å²) in [5, 5.41) is 8.07. The molecule has 5 rings (SSSR count). The maximum Gasteiger partial charge on any atom is 0.230 e. The molecule has 4 aliphatic rings. The zero-order valence-corrected chi connectivity index (χ0v) is 11.5. The van der Waals surface area contributed by atoms with Gasteiger partial charge >= 0.3 is 0 Å². The molecule has 0 amide bonds. The Balaban J connectivity index is 1.44. The van der Waals surface area contributed by atoms with Gasteiger partial charge in [-0.3, -0.25) is 0 Å². The summed E-state index contributed by atoms with van der Waals surface area (Å²) in [5.41, 5.74) is 6.11. The Labute approximate surface area is 114 Å². The van der Waals surface area contributed by atoms with Gasteiger partial charge in [-0.15, -0.1) is 10.2 Å². The monoisotopic (exact) mass is 261 g/mol. The molecule has 4 aliphatic carbocycles. The van der Waals surface area contributed by atoms with E-state index in [9.17, 15) is 0 Å². The number of hydrogen-bond donors (Lipinski definition) is 1. The Hall–Kier alpha value is -0.900. The third-order valence-corrected chi connectivity index (χ3v) is 5.72. The fourth-order valence-corrected chi connectivity index (χ4v) is 5.44. The predicted octanol–water partition coefficient (Wildman–Crippen LogP) is 2.68. The number of nitrogens with two attached hydrogens (primary N) is 1. The Morgan fingerprint density at radius 1 is 1.00 bits per heavy atom. The summed E-state index contributed by atoms with van der Waals surface area (Å²) in [5.74, 6) is 4.42. The largest absolute Gasteiger partial charge is 0.424 e. The lowest BCUT2D eigenvalue weighted by Crippen LogP contribution is -2.46. The quantitative estimate of drug-likeness (QED) is 0.905. The first-order valence-corrected chi connectivity index (χ1v) is 7.76. The molecule has 4 heteroatoms.